The molecule has 3 heterocycles. The highest BCUT2D eigenvalue weighted by atomic mass is 79.9. The Bertz CT molecular complexity index is 1280. The second-order valence-corrected chi connectivity index (χ2v) is 9.52. The van der Waals surface area contributed by atoms with Gasteiger partial charge in [0.25, 0.3) is 0 Å². The largest absolute Gasteiger partial charge is 0.459 e. The zero-order valence-corrected chi connectivity index (χ0v) is 20.5. The van der Waals surface area contributed by atoms with Crippen LogP contribution in [0.15, 0.2) is 92.4 Å². The van der Waals surface area contributed by atoms with Crippen LogP contribution < -0.4 is 10.2 Å². The van der Waals surface area contributed by atoms with E-state index in [4.69, 9.17) is 16.6 Å². The summed E-state index contributed by atoms with van der Waals surface area (Å²) in [7, 11) is 0. The first-order chi connectivity index (χ1) is 15.5. The maximum absolute atomic E-state index is 14.6. The molecule has 4 nitrogen and oxygen atoms in total. The predicted molar refractivity (Wildman–Crippen MR) is 134 cm³/mol. The summed E-state index contributed by atoms with van der Waals surface area (Å²) in [6.45, 7) is 0. The Balaban J connectivity index is 1.60. The Labute approximate surface area is 206 Å². The quantitative estimate of drug-likeness (QED) is 0.262. The second-order valence-electron chi connectivity index (χ2n) is 7.30. The van der Waals surface area contributed by atoms with E-state index in [2.05, 4.69) is 42.2 Å². The number of nitrogens with one attached hydrogen (secondary N) is 1. The van der Waals surface area contributed by atoms with Crippen LogP contribution in [0.25, 0.3) is 11.3 Å². The number of halogens is 3. The number of benzene rings is 2. The van der Waals surface area contributed by atoms with Crippen molar-refractivity contribution in [2.24, 2.45) is 0 Å². The monoisotopic (exact) mass is 571 g/mol. The third-order valence-corrected chi connectivity index (χ3v) is 6.65. The van der Waals surface area contributed by atoms with Crippen molar-refractivity contribution in [2.75, 3.05) is 4.90 Å². The van der Waals surface area contributed by atoms with Crippen LogP contribution in [0.4, 0.5) is 10.1 Å². The van der Waals surface area contributed by atoms with Gasteiger partial charge in [0.1, 0.15) is 23.4 Å². The summed E-state index contributed by atoms with van der Waals surface area (Å²) in [5.74, 6) is 0.762. The normalized spacial score (nSPS) is 18.1. The minimum absolute atomic E-state index is 0.235. The molecule has 4 aromatic rings. The number of anilines is 1. The van der Waals surface area contributed by atoms with E-state index < -0.39 is 0 Å². The topological polar surface area (TPSA) is 41.3 Å². The fourth-order valence-electron chi connectivity index (χ4n) is 3.87. The molecule has 0 radical (unpaired) electrons. The Morgan fingerprint density at radius 1 is 0.969 bits per heavy atom. The van der Waals surface area contributed by atoms with E-state index in [0.717, 1.165) is 15.9 Å². The molecular formula is C24H16Br2FN3OS. The number of aromatic nitrogens is 1. The zero-order chi connectivity index (χ0) is 22.2. The average molecular weight is 573 g/mol. The molecule has 160 valence electrons. The van der Waals surface area contributed by atoms with E-state index in [1.807, 2.05) is 53.4 Å². The molecule has 0 amide bonds. The Morgan fingerprint density at radius 3 is 2.47 bits per heavy atom. The Hall–Kier alpha value is -2.55. The molecule has 0 bridgehead atoms. The van der Waals surface area contributed by atoms with Crippen molar-refractivity contribution in [2.45, 2.75) is 12.1 Å². The lowest BCUT2D eigenvalue weighted by Gasteiger charge is -2.26. The number of nitrogens with zero attached hydrogens (tertiary/aromatic N) is 2. The SMILES string of the molecule is Fc1cc(Br)ccc1-c1ccc([C@@H]2[C@@H](c3ccccn3)NC(=S)N2c2ccc(Br)cc2)o1. The number of thiocarbonyl (C=S) groups is 1. The summed E-state index contributed by atoms with van der Waals surface area (Å²) in [5, 5.41) is 3.96. The highest BCUT2D eigenvalue weighted by Crippen LogP contribution is 2.43. The van der Waals surface area contributed by atoms with E-state index in [1.54, 1.807) is 24.4 Å². The number of hydrogen-bond acceptors (Lipinski definition) is 3. The van der Waals surface area contributed by atoms with E-state index in [9.17, 15) is 4.39 Å². The van der Waals surface area contributed by atoms with Gasteiger partial charge in [-0.2, -0.15) is 0 Å². The molecule has 0 saturated carbocycles. The average Bonchev–Trinajstić information content (AvgIpc) is 3.39. The first kappa shape index (κ1) is 21.3. The van der Waals surface area contributed by atoms with Crippen molar-refractivity contribution in [1.82, 2.24) is 10.3 Å². The van der Waals surface area contributed by atoms with Gasteiger partial charge in [-0.05, 0) is 78.9 Å². The molecule has 1 aliphatic rings. The lowest BCUT2D eigenvalue weighted by atomic mass is 10.0. The Morgan fingerprint density at radius 2 is 1.75 bits per heavy atom. The van der Waals surface area contributed by atoms with Gasteiger partial charge in [-0.3, -0.25) is 4.98 Å². The highest BCUT2D eigenvalue weighted by Gasteiger charge is 2.42. The molecule has 8 heteroatoms. The number of hydrogen-bond donors (Lipinski definition) is 1. The van der Waals surface area contributed by atoms with Crippen LogP contribution in [0, 0.1) is 5.82 Å². The first-order valence-corrected chi connectivity index (χ1v) is 11.8. The summed E-state index contributed by atoms with van der Waals surface area (Å²) >= 11 is 12.5. The van der Waals surface area contributed by atoms with Crippen molar-refractivity contribution in [3.05, 3.63) is 105 Å². The number of furan rings is 1. The Kier molecular flexibility index (Phi) is 5.84. The van der Waals surface area contributed by atoms with Gasteiger partial charge in [-0.15, -0.1) is 0 Å². The second kappa shape index (κ2) is 8.77. The molecule has 2 aromatic carbocycles. The molecule has 1 saturated heterocycles. The molecule has 2 aromatic heterocycles. The summed E-state index contributed by atoms with van der Waals surface area (Å²) in [6, 6.07) is 21.7. The fraction of sp³-hybridized carbons (Fsp3) is 0.0833. The summed E-state index contributed by atoms with van der Waals surface area (Å²) in [5.41, 5.74) is 2.16. The molecule has 5 rings (SSSR count). The lowest BCUT2D eigenvalue weighted by molar-refractivity contribution is 0.438. The lowest BCUT2D eigenvalue weighted by Crippen LogP contribution is -2.29. The maximum atomic E-state index is 14.6. The van der Waals surface area contributed by atoms with Gasteiger partial charge in [-0.25, -0.2) is 4.39 Å². The first-order valence-electron chi connectivity index (χ1n) is 9.82. The van der Waals surface area contributed by atoms with Gasteiger partial charge >= 0.3 is 0 Å². The van der Waals surface area contributed by atoms with E-state index >= 15 is 0 Å². The molecule has 32 heavy (non-hydrogen) atoms. The van der Waals surface area contributed by atoms with Crippen molar-refractivity contribution < 1.29 is 8.81 Å². The van der Waals surface area contributed by atoms with E-state index in [-0.39, 0.29) is 17.9 Å². The highest BCUT2D eigenvalue weighted by molar-refractivity contribution is 9.10. The summed E-state index contributed by atoms with van der Waals surface area (Å²) in [6.07, 6.45) is 1.75. The third kappa shape index (κ3) is 3.98. The molecule has 0 spiro atoms. The van der Waals surface area contributed by atoms with Gasteiger partial charge in [0.05, 0.1) is 17.3 Å². The standard InChI is InChI=1S/C24H16Br2FN3OS/c25-14-4-7-16(8-5-14)30-23(22(29-24(30)32)19-3-1-2-12-28-19)21-11-10-20(31-21)17-9-6-15(26)13-18(17)27/h1-13,22-23H,(H,29,32)/t22-,23-/m1/s1. The smallest absolute Gasteiger partial charge is 0.174 e. The van der Waals surface area contributed by atoms with Crippen LogP contribution >= 0.6 is 44.1 Å². The van der Waals surface area contributed by atoms with Crippen molar-refractivity contribution in [1.29, 1.82) is 0 Å². The van der Waals surface area contributed by atoms with Crippen LogP contribution in [0.3, 0.4) is 0 Å². The number of pyridine rings is 1. The van der Waals surface area contributed by atoms with Gasteiger partial charge in [-0.1, -0.05) is 37.9 Å². The summed E-state index contributed by atoms with van der Waals surface area (Å²) < 4.78 is 22.4. The maximum Gasteiger partial charge on any atom is 0.174 e. The van der Waals surface area contributed by atoms with Gasteiger partial charge in [0, 0.05) is 20.8 Å². The molecule has 1 N–H and O–H groups in total. The van der Waals surface area contributed by atoms with E-state index in [0.29, 0.717) is 26.7 Å². The van der Waals surface area contributed by atoms with Gasteiger partial charge in [0.15, 0.2) is 5.11 Å². The van der Waals surface area contributed by atoms with Crippen LogP contribution in [0.2, 0.25) is 0 Å². The molecule has 0 aliphatic carbocycles. The molecule has 1 aliphatic heterocycles. The zero-order valence-electron chi connectivity index (χ0n) is 16.5. The van der Waals surface area contributed by atoms with Crippen LogP contribution in [-0.4, -0.2) is 10.1 Å². The predicted octanol–water partition coefficient (Wildman–Crippen LogP) is 7.18. The van der Waals surface area contributed by atoms with Crippen molar-refractivity contribution >= 4 is 54.9 Å². The summed E-state index contributed by atoms with van der Waals surface area (Å²) in [4.78, 5) is 6.55. The van der Waals surface area contributed by atoms with Crippen molar-refractivity contribution in [3.63, 3.8) is 0 Å². The number of rotatable bonds is 4. The minimum atomic E-state index is -0.355. The van der Waals surface area contributed by atoms with Crippen LogP contribution in [0.5, 0.6) is 0 Å². The fourth-order valence-corrected chi connectivity index (χ4v) is 4.81. The van der Waals surface area contributed by atoms with Crippen LogP contribution in [-0.2, 0) is 0 Å². The van der Waals surface area contributed by atoms with E-state index in [1.165, 1.54) is 6.07 Å². The molecule has 0 unspecified atom stereocenters. The van der Waals surface area contributed by atoms with Gasteiger partial charge < -0.3 is 14.6 Å². The minimum Gasteiger partial charge on any atom is -0.459 e. The molecule has 2 atom stereocenters. The van der Waals surface area contributed by atoms with Crippen molar-refractivity contribution in [3.8, 4) is 11.3 Å². The molecular weight excluding hydrogens is 557 g/mol. The van der Waals surface area contributed by atoms with Crippen LogP contribution in [0.1, 0.15) is 23.5 Å². The third-order valence-electron chi connectivity index (χ3n) is 5.32. The molecule has 1 fully saturated rings. The van der Waals surface area contributed by atoms with Gasteiger partial charge in [0.2, 0.25) is 0 Å².